The molecule has 0 bridgehead atoms. The fourth-order valence-corrected chi connectivity index (χ4v) is 2.03. The molecule has 0 aliphatic rings. The number of aromatic amines is 1. The molecule has 1 unspecified atom stereocenters. The van der Waals surface area contributed by atoms with Crippen LogP contribution in [0.2, 0.25) is 10.0 Å². The van der Waals surface area contributed by atoms with Crippen molar-refractivity contribution in [3.63, 3.8) is 0 Å². The first kappa shape index (κ1) is 13.9. The van der Waals surface area contributed by atoms with E-state index >= 15 is 0 Å². The summed E-state index contributed by atoms with van der Waals surface area (Å²) in [4.78, 5) is 11.9. The van der Waals surface area contributed by atoms with Gasteiger partial charge < -0.3 is 5.32 Å². The van der Waals surface area contributed by atoms with Gasteiger partial charge in [0.25, 0.3) is 0 Å². The Morgan fingerprint density at radius 3 is 2.84 bits per heavy atom. The number of H-pyrrole nitrogens is 1. The van der Waals surface area contributed by atoms with Crippen LogP contribution >= 0.6 is 23.2 Å². The Morgan fingerprint density at radius 1 is 1.42 bits per heavy atom. The highest BCUT2D eigenvalue weighted by Gasteiger charge is 2.11. The lowest BCUT2D eigenvalue weighted by Crippen LogP contribution is -2.27. The van der Waals surface area contributed by atoms with Gasteiger partial charge >= 0.3 is 0 Å². The second kappa shape index (κ2) is 6.08. The molecule has 4 nitrogen and oxygen atoms in total. The summed E-state index contributed by atoms with van der Waals surface area (Å²) in [6.07, 6.45) is 3.70. The molecule has 1 aromatic carbocycles. The summed E-state index contributed by atoms with van der Waals surface area (Å²) >= 11 is 11.7. The molecule has 2 aromatic rings. The van der Waals surface area contributed by atoms with Crippen molar-refractivity contribution in [3.8, 4) is 0 Å². The lowest BCUT2D eigenvalue weighted by Gasteiger charge is -2.12. The fraction of sp³-hybridized carbons (Fsp3) is 0.231. The molecule has 0 saturated heterocycles. The molecule has 100 valence electrons. The van der Waals surface area contributed by atoms with Crippen molar-refractivity contribution in [1.29, 1.82) is 0 Å². The van der Waals surface area contributed by atoms with E-state index in [1.807, 2.05) is 6.92 Å². The van der Waals surface area contributed by atoms with E-state index in [0.717, 1.165) is 11.1 Å². The Morgan fingerprint density at radius 2 is 2.21 bits per heavy atom. The van der Waals surface area contributed by atoms with Crippen LogP contribution in [0.3, 0.4) is 0 Å². The quantitative estimate of drug-likeness (QED) is 0.911. The maximum atomic E-state index is 11.9. The summed E-state index contributed by atoms with van der Waals surface area (Å²) in [6.45, 7) is 1.90. The number of nitrogens with zero attached hydrogens (tertiary/aromatic N) is 1. The molecule has 0 aliphatic carbocycles. The van der Waals surface area contributed by atoms with Crippen LogP contribution in [0.1, 0.15) is 24.1 Å². The second-order valence-corrected chi connectivity index (χ2v) is 5.06. The van der Waals surface area contributed by atoms with E-state index in [4.69, 9.17) is 23.2 Å². The fourth-order valence-electron chi connectivity index (χ4n) is 1.71. The average molecular weight is 298 g/mol. The molecule has 1 aromatic heterocycles. The lowest BCUT2D eigenvalue weighted by molar-refractivity contribution is -0.121. The minimum absolute atomic E-state index is 0.0768. The highest BCUT2D eigenvalue weighted by Crippen LogP contribution is 2.22. The summed E-state index contributed by atoms with van der Waals surface area (Å²) in [5.41, 5.74) is 1.76. The van der Waals surface area contributed by atoms with Crippen molar-refractivity contribution in [2.75, 3.05) is 0 Å². The van der Waals surface area contributed by atoms with E-state index in [2.05, 4.69) is 15.5 Å². The van der Waals surface area contributed by atoms with Gasteiger partial charge in [-0.25, -0.2) is 0 Å². The first-order valence-electron chi connectivity index (χ1n) is 5.78. The van der Waals surface area contributed by atoms with E-state index in [1.165, 1.54) is 0 Å². The van der Waals surface area contributed by atoms with Crippen LogP contribution in [-0.4, -0.2) is 16.1 Å². The van der Waals surface area contributed by atoms with Crippen molar-refractivity contribution in [3.05, 3.63) is 51.8 Å². The normalized spacial score (nSPS) is 12.2. The number of aromatic nitrogens is 2. The monoisotopic (exact) mass is 297 g/mol. The van der Waals surface area contributed by atoms with Crippen LogP contribution in [0.25, 0.3) is 0 Å². The van der Waals surface area contributed by atoms with Crippen LogP contribution in [-0.2, 0) is 11.2 Å². The molecule has 0 spiro atoms. The zero-order valence-corrected chi connectivity index (χ0v) is 11.8. The van der Waals surface area contributed by atoms with Gasteiger partial charge in [0, 0.05) is 11.8 Å². The molecule has 1 heterocycles. The van der Waals surface area contributed by atoms with Gasteiger partial charge in [0.05, 0.1) is 28.7 Å². The molecule has 6 heteroatoms. The molecule has 1 atom stereocenters. The first-order valence-corrected chi connectivity index (χ1v) is 6.54. The van der Waals surface area contributed by atoms with Crippen molar-refractivity contribution >= 4 is 29.1 Å². The minimum atomic E-state index is -0.0889. The number of hydrogen-bond donors (Lipinski definition) is 2. The van der Waals surface area contributed by atoms with E-state index in [-0.39, 0.29) is 18.4 Å². The predicted molar refractivity (Wildman–Crippen MR) is 75.3 cm³/mol. The Kier molecular flexibility index (Phi) is 4.45. The number of nitrogens with one attached hydrogen (secondary N) is 2. The lowest BCUT2D eigenvalue weighted by atomic mass is 10.1. The van der Waals surface area contributed by atoms with Crippen LogP contribution < -0.4 is 5.32 Å². The largest absolute Gasteiger partial charge is 0.349 e. The maximum absolute atomic E-state index is 11.9. The van der Waals surface area contributed by atoms with Gasteiger partial charge in [-0.3, -0.25) is 9.89 Å². The summed E-state index contributed by atoms with van der Waals surface area (Å²) in [5.74, 6) is -0.0768. The van der Waals surface area contributed by atoms with Crippen molar-refractivity contribution in [1.82, 2.24) is 15.5 Å². The molecule has 0 saturated carbocycles. The van der Waals surface area contributed by atoms with Gasteiger partial charge in [-0.2, -0.15) is 5.10 Å². The van der Waals surface area contributed by atoms with E-state index < -0.39 is 0 Å². The molecular formula is C13H13Cl2N3O. The van der Waals surface area contributed by atoms with E-state index in [1.54, 1.807) is 30.6 Å². The minimum Gasteiger partial charge on any atom is -0.349 e. The SMILES string of the molecule is CC(NC(=O)Cc1ccc(Cl)c(Cl)c1)c1cn[nH]c1. The molecule has 0 aliphatic heterocycles. The summed E-state index contributed by atoms with van der Waals surface area (Å²) in [6, 6.07) is 5.09. The third-order valence-electron chi connectivity index (χ3n) is 2.75. The van der Waals surface area contributed by atoms with Gasteiger partial charge in [-0.15, -0.1) is 0 Å². The van der Waals surface area contributed by atoms with Crippen molar-refractivity contribution in [2.24, 2.45) is 0 Å². The van der Waals surface area contributed by atoms with Gasteiger partial charge in [0.15, 0.2) is 0 Å². The van der Waals surface area contributed by atoms with Crippen LogP contribution in [0, 0.1) is 0 Å². The van der Waals surface area contributed by atoms with E-state index in [9.17, 15) is 4.79 Å². The molecule has 2 rings (SSSR count). The molecule has 19 heavy (non-hydrogen) atoms. The van der Waals surface area contributed by atoms with Gasteiger partial charge in [0.1, 0.15) is 0 Å². The van der Waals surface area contributed by atoms with Crippen molar-refractivity contribution < 1.29 is 4.79 Å². The van der Waals surface area contributed by atoms with Crippen molar-refractivity contribution in [2.45, 2.75) is 19.4 Å². The summed E-state index contributed by atoms with van der Waals surface area (Å²) < 4.78 is 0. The number of halogens is 2. The highest BCUT2D eigenvalue weighted by atomic mass is 35.5. The highest BCUT2D eigenvalue weighted by molar-refractivity contribution is 6.42. The molecule has 2 N–H and O–H groups in total. The van der Waals surface area contributed by atoms with Crippen LogP contribution in [0.4, 0.5) is 0 Å². The number of benzene rings is 1. The van der Waals surface area contributed by atoms with Gasteiger partial charge in [0.2, 0.25) is 5.91 Å². The zero-order chi connectivity index (χ0) is 13.8. The molecule has 1 amide bonds. The Bertz CT molecular complexity index is 569. The predicted octanol–water partition coefficient (Wildman–Crippen LogP) is 3.14. The topological polar surface area (TPSA) is 57.8 Å². The Balaban J connectivity index is 1.95. The van der Waals surface area contributed by atoms with Gasteiger partial charge in [-0.1, -0.05) is 29.3 Å². The third kappa shape index (κ3) is 3.72. The van der Waals surface area contributed by atoms with E-state index in [0.29, 0.717) is 10.0 Å². The number of amides is 1. The zero-order valence-electron chi connectivity index (χ0n) is 10.3. The molecule has 0 radical (unpaired) electrons. The smallest absolute Gasteiger partial charge is 0.224 e. The third-order valence-corrected chi connectivity index (χ3v) is 3.48. The van der Waals surface area contributed by atoms with Gasteiger partial charge in [-0.05, 0) is 24.6 Å². The second-order valence-electron chi connectivity index (χ2n) is 4.25. The number of rotatable bonds is 4. The number of hydrogen-bond acceptors (Lipinski definition) is 2. The standard InChI is InChI=1S/C13H13Cl2N3O/c1-8(10-6-16-17-7-10)18-13(19)5-9-2-3-11(14)12(15)4-9/h2-4,6-8H,5H2,1H3,(H,16,17)(H,18,19). The molecule has 0 fully saturated rings. The van der Waals surface area contributed by atoms with Crippen LogP contribution in [0.5, 0.6) is 0 Å². The maximum Gasteiger partial charge on any atom is 0.224 e. The molecular weight excluding hydrogens is 285 g/mol. The summed E-state index contributed by atoms with van der Waals surface area (Å²) in [5, 5.41) is 10.4. The Hall–Kier alpha value is -1.52. The Labute approximate surface area is 121 Å². The first-order chi connectivity index (χ1) is 9.06. The summed E-state index contributed by atoms with van der Waals surface area (Å²) in [7, 11) is 0. The number of carbonyl (C=O) groups is 1. The van der Waals surface area contributed by atoms with Crippen LogP contribution in [0.15, 0.2) is 30.6 Å². The average Bonchev–Trinajstić information content (AvgIpc) is 2.87. The number of carbonyl (C=O) groups excluding carboxylic acids is 1.